The molecule has 0 aliphatic rings. The summed E-state index contributed by atoms with van der Waals surface area (Å²) in [5.74, 6) is -2.03. The molecule has 0 saturated heterocycles. The zero-order valence-electron chi connectivity index (χ0n) is 10.6. The number of allylic oxidation sites excluding steroid dienone is 1. The van der Waals surface area contributed by atoms with Crippen molar-refractivity contribution < 1.29 is 23.1 Å². The van der Waals surface area contributed by atoms with Crippen LogP contribution in [0.4, 0.5) is 0 Å². The number of carbonyl (C=O) groups is 2. The number of ketones is 1. The van der Waals surface area contributed by atoms with Crippen LogP contribution in [-0.2, 0) is 14.6 Å². The van der Waals surface area contributed by atoms with Gasteiger partial charge in [0.05, 0.1) is 10.6 Å². The largest absolute Gasteiger partial charge is 0.478 e. The number of aryl methyl sites for hydroxylation is 1. The van der Waals surface area contributed by atoms with Gasteiger partial charge >= 0.3 is 5.97 Å². The van der Waals surface area contributed by atoms with Gasteiger partial charge in [0, 0.05) is 11.6 Å². The maximum atomic E-state index is 11.9. The van der Waals surface area contributed by atoms with Crippen LogP contribution in [0.5, 0.6) is 0 Å². The number of carboxylic acid groups (broad SMARTS) is 1. The van der Waals surface area contributed by atoms with E-state index in [4.69, 9.17) is 5.11 Å². The minimum absolute atomic E-state index is 0.000602. The third kappa shape index (κ3) is 3.75. The first-order valence-electron chi connectivity index (χ1n) is 5.56. The summed E-state index contributed by atoms with van der Waals surface area (Å²) >= 11 is 0. The quantitative estimate of drug-likeness (QED) is 0.654. The summed E-state index contributed by atoms with van der Waals surface area (Å²) in [5, 5.41) is 8.48. The molecule has 0 heterocycles. The molecule has 1 aromatic rings. The van der Waals surface area contributed by atoms with Crippen LogP contribution in [0.1, 0.15) is 22.8 Å². The lowest BCUT2D eigenvalue weighted by atomic mass is 10.1. The number of sulfone groups is 1. The second kappa shape index (κ2) is 5.79. The molecule has 0 aromatic heterocycles. The average molecular weight is 282 g/mol. The zero-order chi connectivity index (χ0) is 14.6. The average Bonchev–Trinajstić information content (AvgIpc) is 2.35. The fourth-order valence-corrected chi connectivity index (χ4v) is 2.58. The van der Waals surface area contributed by atoms with Crippen LogP contribution in [0.3, 0.4) is 0 Å². The summed E-state index contributed by atoms with van der Waals surface area (Å²) in [5.41, 5.74) is 0.724. The molecule has 0 aliphatic carbocycles. The lowest BCUT2D eigenvalue weighted by Gasteiger charge is -2.07. The predicted octanol–water partition coefficient (Wildman–Crippen LogP) is 1.61. The van der Waals surface area contributed by atoms with Gasteiger partial charge in [-0.05, 0) is 25.1 Å². The Balaban J connectivity index is 3.38. The van der Waals surface area contributed by atoms with Crippen LogP contribution >= 0.6 is 0 Å². The second-order valence-corrected chi connectivity index (χ2v) is 6.19. The molecule has 6 heteroatoms. The van der Waals surface area contributed by atoms with Crippen molar-refractivity contribution in [2.75, 3.05) is 5.75 Å². The third-order valence-electron chi connectivity index (χ3n) is 2.49. The summed E-state index contributed by atoms with van der Waals surface area (Å²) in [6, 6.07) is 4.41. The minimum Gasteiger partial charge on any atom is -0.478 e. The summed E-state index contributed by atoms with van der Waals surface area (Å²) in [6.45, 7) is 3.20. The van der Waals surface area contributed by atoms with E-state index in [0.717, 1.165) is 11.6 Å². The van der Waals surface area contributed by atoms with E-state index >= 15 is 0 Å². The van der Waals surface area contributed by atoms with E-state index in [-0.39, 0.29) is 16.2 Å². The molecular weight excluding hydrogens is 268 g/mol. The van der Waals surface area contributed by atoms with Gasteiger partial charge in [0.15, 0.2) is 15.6 Å². The molecule has 0 saturated carbocycles. The molecule has 1 rings (SSSR count). The number of hydrogen-bond acceptors (Lipinski definition) is 4. The van der Waals surface area contributed by atoms with Gasteiger partial charge in [-0.25, -0.2) is 13.2 Å². The van der Waals surface area contributed by atoms with Gasteiger partial charge in [-0.3, -0.25) is 4.79 Å². The summed E-state index contributed by atoms with van der Waals surface area (Å²) < 4.78 is 23.8. The summed E-state index contributed by atoms with van der Waals surface area (Å²) in [6.07, 6.45) is 1.54. The molecule has 0 aliphatic heterocycles. The Morgan fingerprint density at radius 3 is 2.42 bits per heavy atom. The van der Waals surface area contributed by atoms with Gasteiger partial charge < -0.3 is 5.11 Å². The van der Waals surface area contributed by atoms with Gasteiger partial charge in [0.25, 0.3) is 0 Å². The minimum atomic E-state index is -3.53. The van der Waals surface area contributed by atoms with E-state index in [2.05, 4.69) is 0 Å². The van der Waals surface area contributed by atoms with E-state index in [1.165, 1.54) is 19.1 Å². The molecule has 0 spiro atoms. The summed E-state index contributed by atoms with van der Waals surface area (Å²) in [4.78, 5) is 22.2. The van der Waals surface area contributed by atoms with Crippen LogP contribution in [0.2, 0.25) is 0 Å². The second-order valence-electron chi connectivity index (χ2n) is 3.94. The molecule has 0 amide bonds. The highest BCUT2D eigenvalue weighted by Crippen LogP contribution is 2.20. The number of benzene rings is 1. The normalized spacial score (nSPS) is 11.7. The topological polar surface area (TPSA) is 88.5 Å². The molecule has 0 radical (unpaired) electrons. The van der Waals surface area contributed by atoms with E-state index in [0.29, 0.717) is 6.08 Å². The van der Waals surface area contributed by atoms with E-state index in [1.807, 2.05) is 0 Å². The monoisotopic (exact) mass is 282 g/mol. The van der Waals surface area contributed by atoms with Gasteiger partial charge in [-0.1, -0.05) is 18.6 Å². The number of aliphatic carboxylic acids is 1. The van der Waals surface area contributed by atoms with Gasteiger partial charge in [-0.2, -0.15) is 0 Å². The predicted molar refractivity (Wildman–Crippen MR) is 70.0 cm³/mol. The van der Waals surface area contributed by atoms with Gasteiger partial charge in [-0.15, -0.1) is 0 Å². The Hall–Kier alpha value is -1.95. The van der Waals surface area contributed by atoms with Crippen molar-refractivity contribution >= 4 is 21.6 Å². The Morgan fingerprint density at radius 1 is 1.26 bits per heavy atom. The molecule has 19 heavy (non-hydrogen) atoms. The highest BCUT2D eigenvalue weighted by Gasteiger charge is 2.19. The summed E-state index contributed by atoms with van der Waals surface area (Å²) in [7, 11) is -3.53. The van der Waals surface area contributed by atoms with Crippen molar-refractivity contribution in [1.29, 1.82) is 0 Å². The third-order valence-corrected chi connectivity index (χ3v) is 4.28. The Kier molecular flexibility index (Phi) is 4.61. The Labute approximate surface area is 111 Å². The van der Waals surface area contributed by atoms with Crippen molar-refractivity contribution in [2.24, 2.45) is 0 Å². The lowest BCUT2D eigenvalue weighted by Crippen LogP contribution is -2.10. The van der Waals surface area contributed by atoms with Crippen molar-refractivity contribution in [3.8, 4) is 0 Å². The number of hydrogen-bond donors (Lipinski definition) is 1. The maximum Gasteiger partial charge on any atom is 0.328 e. The first-order chi connectivity index (χ1) is 8.77. The molecule has 0 unspecified atom stereocenters. The maximum absolute atomic E-state index is 11.9. The Morgan fingerprint density at radius 2 is 1.89 bits per heavy atom. The number of rotatable bonds is 5. The van der Waals surface area contributed by atoms with Crippen LogP contribution in [0, 0.1) is 6.92 Å². The standard InChI is InChI=1S/C13H14O5S/c1-3-19(17,18)12-6-4-9(2)8-10(12)11(14)5-7-13(15)16/h4-8H,3H2,1-2H3,(H,15,16)/b7-5+. The van der Waals surface area contributed by atoms with Crippen molar-refractivity contribution in [3.05, 3.63) is 41.5 Å². The first-order valence-corrected chi connectivity index (χ1v) is 7.22. The zero-order valence-corrected chi connectivity index (χ0v) is 11.4. The molecule has 1 N–H and O–H groups in total. The van der Waals surface area contributed by atoms with Crippen LogP contribution in [-0.4, -0.2) is 31.0 Å². The molecule has 0 fully saturated rings. The SMILES string of the molecule is CCS(=O)(=O)c1ccc(C)cc1C(=O)/C=C/C(=O)O. The van der Waals surface area contributed by atoms with Crippen LogP contribution in [0.25, 0.3) is 0 Å². The van der Waals surface area contributed by atoms with Crippen LogP contribution in [0.15, 0.2) is 35.2 Å². The molecule has 5 nitrogen and oxygen atoms in total. The lowest BCUT2D eigenvalue weighted by molar-refractivity contribution is -0.131. The van der Waals surface area contributed by atoms with E-state index < -0.39 is 21.6 Å². The van der Waals surface area contributed by atoms with Crippen LogP contribution < -0.4 is 0 Å². The smallest absolute Gasteiger partial charge is 0.328 e. The highest BCUT2D eigenvalue weighted by molar-refractivity contribution is 7.91. The number of carbonyl (C=O) groups excluding carboxylic acids is 1. The highest BCUT2D eigenvalue weighted by atomic mass is 32.2. The Bertz CT molecular complexity index is 641. The molecule has 1 aromatic carbocycles. The fraction of sp³-hybridized carbons (Fsp3) is 0.231. The fourth-order valence-electron chi connectivity index (χ4n) is 1.50. The molecular formula is C13H14O5S. The van der Waals surface area contributed by atoms with E-state index in [9.17, 15) is 18.0 Å². The van der Waals surface area contributed by atoms with E-state index in [1.54, 1.807) is 13.0 Å². The molecule has 0 atom stereocenters. The molecule has 0 bridgehead atoms. The first kappa shape index (κ1) is 15.1. The number of carboxylic acids is 1. The van der Waals surface area contributed by atoms with Crippen molar-refractivity contribution in [2.45, 2.75) is 18.7 Å². The van der Waals surface area contributed by atoms with Crippen molar-refractivity contribution in [1.82, 2.24) is 0 Å². The molecule has 102 valence electrons. The van der Waals surface area contributed by atoms with Gasteiger partial charge in [0.1, 0.15) is 0 Å². The van der Waals surface area contributed by atoms with Crippen molar-refractivity contribution in [3.63, 3.8) is 0 Å². The van der Waals surface area contributed by atoms with Gasteiger partial charge in [0.2, 0.25) is 0 Å².